The van der Waals surface area contributed by atoms with Crippen LogP contribution in [0.3, 0.4) is 0 Å². The molecule has 0 saturated carbocycles. The van der Waals surface area contributed by atoms with Crippen LogP contribution in [0.1, 0.15) is 19.5 Å². The normalized spacial score (nSPS) is 14.4. The van der Waals surface area contributed by atoms with E-state index in [0.717, 1.165) is 17.7 Å². The Hall–Kier alpha value is -0.870. The van der Waals surface area contributed by atoms with Crippen molar-refractivity contribution in [2.45, 2.75) is 25.2 Å². The Balaban J connectivity index is 2.80. The van der Waals surface area contributed by atoms with E-state index in [1.54, 1.807) is 6.20 Å². The molecular weight excluding hydrogens is 222 g/mol. The van der Waals surface area contributed by atoms with Gasteiger partial charge in [0.05, 0.1) is 0 Å². The quantitative estimate of drug-likeness (QED) is 0.540. The zero-order valence-corrected chi connectivity index (χ0v) is 10.5. The maximum absolute atomic E-state index is 11.2. The Kier molecular flexibility index (Phi) is 5.49. The molecule has 0 aliphatic carbocycles. The van der Waals surface area contributed by atoms with Gasteiger partial charge >= 0.3 is 0 Å². The van der Waals surface area contributed by atoms with E-state index in [9.17, 15) is 4.79 Å². The lowest BCUT2D eigenvalue weighted by Crippen LogP contribution is -2.34. The maximum Gasteiger partial charge on any atom is 0.174 e. The Morgan fingerprint density at radius 2 is 2.31 bits per heavy atom. The van der Waals surface area contributed by atoms with Crippen LogP contribution in [-0.2, 0) is 16.0 Å². The van der Waals surface area contributed by atoms with Gasteiger partial charge in [0, 0.05) is 24.9 Å². The van der Waals surface area contributed by atoms with Crippen molar-refractivity contribution in [2.75, 3.05) is 12.4 Å². The lowest BCUT2D eigenvalue weighted by Gasteiger charge is -2.26. The largest absolute Gasteiger partial charge is 0.357 e. The zero-order chi connectivity index (χ0) is 11.9. The molecule has 88 valence electrons. The first-order valence-corrected chi connectivity index (χ1v) is 6.39. The molecule has 0 aliphatic rings. The highest BCUT2D eigenvalue weighted by atomic mass is 32.2. The van der Waals surface area contributed by atoms with Gasteiger partial charge in [0.2, 0.25) is 0 Å². The molecular formula is C12H17NO2S. The Morgan fingerprint density at radius 1 is 1.50 bits per heavy atom. The summed E-state index contributed by atoms with van der Waals surface area (Å²) in [6.07, 6.45) is 3.14. The number of rotatable bonds is 7. The molecule has 1 unspecified atom stereocenters. The summed E-state index contributed by atoms with van der Waals surface area (Å²) in [6, 6.07) is 5.69. The number of carbonyl (C=O) groups excluding carboxylic acids is 1. The predicted octanol–water partition coefficient (Wildman–Crippen LogP) is 2.31. The van der Waals surface area contributed by atoms with E-state index < -0.39 is 4.93 Å². The molecule has 4 heteroatoms. The monoisotopic (exact) mass is 239 g/mol. The lowest BCUT2D eigenvalue weighted by molar-refractivity contribution is -0.120. The SMILES string of the molecule is CCOC(C=O)(Cc1ccccn1)SCC. The van der Waals surface area contributed by atoms with Crippen molar-refractivity contribution >= 4 is 18.0 Å². The Labute approximate surface area is 101 Å². The molecule has 0 N–H and O–H groups in total. The van der Waals surface area contributed by atoms with Crippen LogP contribution in [0.25, 0.3) is 0 Å². The Bertz CT molecular complexity index is 310. The van der Waals surface area contributed by atoms with Crippen molar-refractivity contribution in [3.05, 3.63) is 30.1 Å². The average molecular weight is 239 g/mol. The van der Waals surface area contributed by atoms with E-state index in [0.29, 0.717) is 13.0 Å². The molecule has 1 aromatic heterocycles. The fourth-order valence-corrected chi connectivity index (χ4v) is 2.51. The molecule has 0 spiro atoms. The van der Waals surface area contributed by atoms with Crippen LogP contribution in [0.15, 0.2) is 24.4 Å². The molecule has 0 radical (unpaired) electrons. The zero-order valence-electron chi connectivity index (χ0n) is 9.68. The number of ether oxygens (including phenoxy) is 1. The summed E-state index contributed by atoms with van der Waals surface area (Å²) in [4.78, 5) is 14.7. The second-order valence-corrected chi connectivity index (χ2v) is 4.85. The second kappa shape index (κ2) is 6.66. The van der Waals surface area contributed by atoms with Gasteiger partial charge in [-0.25, -0.2) is 0 Å². The summed E-state index contributed by atoms with van der Waals surface area (Å²) >= 11 is 1.51. The number of nitrogens with zero attached hydrogens (tertiary/aromatic N) is 1. The molecule has 0 saturated heterocycles. The van der Waals surface area contributed by atoms with Crippen molar-refractivity contribution in [1.82, 2.24) is 4.98 Å². The molecule has 0 amide bonds. The molecule has 3 nitrogen and oxygen atoms in total. The highest BCUT2D eigenvalue weighted by Crippen LogP contribution is 2.28. The number of hydrogen-bond donors (Lipinski definition) is 0. The summed E-state index contributed by atoms with van der Waals surface area (Å²) in [5.41, 5.74) is 0.879. The molecule has 16 heavy (non-hydrogen) atoms. The number of aromatic nitrogens is 1. The summed E-state index contributed by atoms with van der Waals surface area (Å²) in [5, 5.41) is 0. The third kappa shape index (κ3) is 3.61. The van der Waals surface area contributed by atoms with Gasteiger partial charge in [0.15, 0.2) is 11.2 Å². The third-order valence-electron chi connectivity index (χ3n) is 2.11. The number of aldehydes is 1. The number of pyridine rings is 1. The van der Waals surface area contributed by atoms with Crippen LogP contribution in [0, 0.1) is 0 Å². The van der Waals surface area contributed by atoms with Crippen molar-refractivity contribution in [3.8, 4) is 0 Å². The molecule has 1 heterocycles. The van der Waals surface area contributed by atoms with E-state index in [2.05, 4.69) is 4.98 Å². The number of thioether (sulfide) groups is 1. The summed E-state index contributed by atoms with van der Waals surface area (Å²) in [5.74, 6) is 0.839. The molecule has 0 aromatic carbocycles. The van der Waals surface area contributed by atoms with Crippen LogP contribution >= 0.6 is 11.8 Å². The third-order valence-corrected chi connectivity index (χ3v) is 3.25. The standard InChI is InChI=1S/C12H17NO2S/c1-3-15-12(10-14,16-4-2)9-11-7-5-6-8-13-11/h5-8,10H,3-4,9H2,1-2H3. The van der Waals surface area contributed by atoms with Crippen molar-refractivity contribution in [1.29, 1.82) is 0 Å². The van der Waals surface area contributed by atoms with Gasteiger partial charge in [-0.3, -0.25) is 9.78 Å². The van der Waals surface area contributed by atoms with E-state index in [4.69, 9.17) is 4.74 Å². The predicted molar refractivity (Wildman–Crippen MR) is 66.5 cm³/mol. The van der Waals surface area contributed by atoms with Gasteiger partial charge in [-0.1, -0.05) is 13.0 Å². The minimum absolute atomic E-state index is 0.518. The van der Waals surface area contributed by atoms with Gasteiger partial charge in [-0.15, -0.1) is 11.8 Å². The lowest BCUT2D eigenvalue weighted by atomic mass is 10.2. The first kappa shape index (κ1) is 13.2. The van der Waals surface area contributed by atoms with E-state index in [1.165, 1.54) is 11.8 Å². The molecule has 0 aliphatic heterocycles. The van der Waals surface area contributed by atoms with Crippen LogP contribution in [0.2, 0.25) is 0 Å². The second-order valence-electron chi connectivity index (χ2n) is 3.29. The Morgan fingerprint density at radius 3 is 2.81 bits per heavy atom. The summed E-state index contributed by atoms with van der Waals surface area (Å²) in [6.45, 7) is 4.44. The maximum atomic E-state index is 11.2. The topological polar surface area (TPSA) is 39.2 Å². The van der Waals surface area contributed by atoms with Crippen LogP contribution in [0.4, 0.5) is 0 Å². The van der Waals surface area contributed by atoms with Gasteiger partial charge in [-0.05, 0) is 24.8 Å². The van der Waals surface area contributed by atoms with Gasteiger partial charge in [0.25, 0.3) is 0 Å². The average Bonchev–Trinajstić information content (AvgIpc) is 2.31. The van der Waals surface area contributed by atoms with Gasteiger partial charge in [0.1, 0.15) is 0 Å². The minimum atomic E-state index is -0.780. The van der Waals surface area contributed by atoms with E-state index in [1.807, 2.05) is 32.0 Å². The molecule has 1 aromatic rings. The minimum Gasteiger partial charge on any atom is -0.357 e. The highest BCUT2D eigenvalue weighted by molar-refractivity contribution is 8.01. The first-order valence-electron chi connectivity index (χ1n) is 5.40. The van der Waals surface area contributed by atoms with Crippen molar-refractivity contribution in [2.24, 2.45) is 0 Å². The first-order chi connectivity index (χ1) is 7.76. The molecule has 1 atom stereocenters. The molecule has 0 bridgehead atoms. The van der Waals surface area contributed by atoms with E-state index >= 15 is 0 Å². The van der Waals surface area contributed by atoms with Gasteiger partial charge in [-0.2, -0.15) is 0 Å². The molecule has 0 fully saturated rings. The molecule has 1 rings (SSSR count). The van der Waals surface area contributed by atoms with Gasteiger partial charge < -0.3 is 4.74 Å². The van der Waals surface area contributed by atoms with Crippen molar-refractivity contribution in [3.63, 3.8) is 0 Å². The highest BCUT2D eigenvalue weighted by Gasteiger charge is 2.31. The van der Waals surface area contributed by atoms with Crippen LogP contribution < -0.4 is 0 Å². The van der Waals surface area contributed by atoms with E-state index in [-0.39, 0.29) is 0 Å². The fraction of sp³-hybridized carbons (Fsp3) is 0.500. The van der Waals surface area contributed by atoms with Crippen LogP contribution in [0.5, 0.6) is 0 Å². The van der Waals surface area contributed by atoms with Crippen LogP contribution in [-0.4, -0.2) is 28.6 Å². The summed E-state index contributed by atoms with van der Waals surface area (Å²) in [7, 11) is 0. The fourth-order valence-electron chi connectivity index (χ4n) is 1.50. The number of hydrogen-bond acceptors (Lipinski definition) is 4. The van der Waals surface area contributed by atoms with Crippen molar-refractivity contribution < 1.29 is 9.53 Å². The smallest absolute Gasteiger partial charge is 0.174 e. The summed E-state index contributed by atoms with van der Waals surface area (Å²) < 4.78 is 5.58. The number of carbonyl (C=O) groups is 1.